The number of nitrogens with one attached hydrogen (secondary N) is 1. The lowest BCUT2D eigenvalue weighted by atomic mass is 9.91. The van der Waals surface area contributed by atoms with Gasteiger partial charge >= 0.3 is 6.03 Å². The molecule has 0 aliphatic carbocycles. The summed E-state index contributed by atoms with van der Waals surface area (Å²) in [6.07, 6.45) is 2.06. The molecular formula is C21H31N3O4. The van der Waals surface area contributed by atoms with Crippen LogP contribution < -0.4 is 10.1 Å². The molecule has 7 heteroatoms. The fraction of sp³-hybridized carbons (Fsp3) is 0.619. The second-order valence-electron chi connectivity index (χ2n) is 7.48. The van der Waals surface area contributed by atoms with Crippen LogP contribution in [0.25, 0.3) is 0 Å². The number of benzene rings is 1. The zero-order valence-electron chi connectivity index (χ0n) is 16.9. The second-order valence-corrected chi connectivity index (χ2v) is 7.48. The molecule has 0 spiro atoms. The molecule has 2 aliphatic rings. The number of piperidine rings is 1. The number of rotatable bonds is 5. The van der Waals surface area contributed by atoms with Gasteiger partial charge in [0.05, 0.1) is 26.7 Å². The van der Waals surface area contributed by atoms with Crippen molar-refractivity contribution in [1.29, 1.82) is 0 Å². The average Bonchev–Trinajstić information content (AvgIpc) is 2.94. The maximum atomic E-state index is 12.8. The fourth-order valence-electron chi connectivity index (χ4n) is 4.04. The molecule has 2 aliphatic heterocycles. The van der Waals surface area contributed by atoms with Gasteiger partial charge < -0.3 is 24.6 Å². The highest BCUT2D eigenvalue weighted by Gasteiger charge is 2.38. The molecule has 0 radical (unpaired) electrons. The molecule has 0 unspecified atom stereocenters. The molecule has 2 heterocycles. The summed E-state index contributed by atoms with van der Waals surface area (Å²) >= 11 is 0. The van der Waals surface area contributed by atoms with Crippen molar-refractivity contribution in [3.63, 3.8) is 0 Å². The number of urea groups is 1. The van der Waals surface area contributed by atoms with Crippen molar-refractivity contribution < 1.29 is 19.1 Å². The summed E-state index contributed by atoms with van der Waals surface area (Å²) in [5.74, 6) is 1.02. The molecule has 2 atom stereocenters. The highest BCUT2D eigenvalue weighted by Crippen LogP contribution is 2.26. The first-order valence-electron chi connectivity index (χ1n) is 10.1. The van der Waals surface area contributed by atoms with Gasteiger partial charge in [-0.1, -0.05) is 19.1 Å². The zero-order chi connectivity index (χ0) is 19.9. The number of hydrogen-bond acceptors (Lipinski definition) is 4. The van der Waals surface area contributed by atoms with Crippen LogP contribution in [0.5, 0.6) is 5.75 Å². The fourth-order valence-corrected chi connectivity index (χ4v) is 4.04. The Kier molecular flexibility index (Phi) is 7.14. The minimum atomic E-state index is -0.0153. The van der Waals surface area contributed by atoms with Crippen LogP contribution in [-0.4, -0.2) is 74.3 Å². The van der Waals surface area contributed by atoms with Gasteiger partial charge in [0.2, 0.25) is 5.91 Å². The third-order valence-electron chi connectivity index (χ3n) is 5.53. The van der Waals surface area contributed by atoms with Gasteiger partial charge in [-0.3, -0.25) is 4.79 Å². The Morgan fingerprint density at radius 2 is 2.18 bits per heavy atom. The number of nitrogens with zero attached hydrogens (tertiary/aromatic N) is 2. The van der Waals surface area contributed by atoms with E-state index in [0.717, 1.165) is 24.2 Å². The first-order valence-corrected chi connectivity index (χ1v) is 10.1. The van der Waals surface area contributed by atoms with Gasteiger partial charge in [-0.2, -0.15) is 0 Å². The lowest BCUT2D eigenvalue weighted by Crippen LogP contribution is -2.56. The number of fused-ring (bicyclic) bond motifs is 1. The molecular weight excluding hydrogens is 358 g/mol. The lowest BCUT2D eigenvalue weighted by Gasteiger charge is -2.42. The van der Waals surface area contributed by atoms with Crippen LogP contribution in [0.1, 0.15) is 25.3 Å². The molecule has 0 aromatic heterocycles. The van der Waals surface area contributed by atoms with E-state index in [1.807, 2.05) is 41.0 Å². The van der Waals surface area contributed by atoms with Gasteiger partial charge in [-0.15, -0.1) is 0 Å². The molecule has 28 heavy (non-hydrogen) atoms. The normalized spacial score (nSPS) is 22.2. The minimum Gasteiger partial charge on any atom is -0.497 e. The van der Waals surface area contributed by atoms with Gasteiger partial charge in [0, 0.05) is 38.1 Å². The summed E-state index contributed by atoms with van der Waals surface area (Å²) in [6, 6.07) is 7.74. The monoisotopic (exact) mass is 389 g/mol. The Bertz CT molecular complexity index is 681. The van der Waals surface area contributed by atoms with E-state index in [1.165, 1.54) is 0 Å². The van der Waals surface area contributed by atoms with Crippen molar-refractivity contribution >= 4 is 11.9 Å². The topological polar surface area (TPSA) is 71.1 Å². The van der Waals surface area contributed by atoms with Gasteiger partial charge in [0.1, 0.15) is 5.75 Å². The van der Waals surface area contributed by atoms with E-state index < -0.39 is 0 Å². The first-order chi connectivity index (χ1) is 13.6. The van der Waals surface area contributed by atoms with E-state index in [-0.39, 0.29) is 23.9 Å². The number of ether oxygens (including phenoxy) is 2. The molecule has 154 valence electrons. The second kappa shape index (κ2) is 9.78. The van der Waals surface area contributed by atoms with Crippen molar-refractivity contribution in [2.45, 2.75) is 32.2 Å². The third kappa shape index (κ3) is 4.95. The Morgan fingerprint density at radius 1 is 1.32 bits per heavy atom. The van der Waals surface area contributed by atoms with Crippen LogP contribution in [0.15, 0.2) is 24.3 Å². The molecule has 3 rings (SSSR count). The molecule has 1 aromatic carbocycles. The molecule has 3 amide bonds. The molecule has 1 N–H and O–H groups in total. The summed E-state index contributed by atoms with van der Waals surface area (Å²) in [7, 11) is 1.63. The number of methoxy groups -OCH3 is 1. The van der Waals surface area contributed by atoms with E-state index >= 15 is 0 Å². The predicted molar refractivity (Wildman–Crippen MR) is 106 cm³/mol. The number of likely N-dealkylation sites (tertiary alicyclic amines) is 1. The number of carbonyl (C=O) groups excluding carboxylic acids is 2. The van der Waals surface area contributed by atoms with E-state index in [1.54, 1.807) is 7.11 Å². The minimum absolute atomic E-state index is 0.0153. The van der Waals surface area contributed by atoms with E-state index in [9.17, 15) is 9.59 Å². The number of amides is 3. The Balaban J connectivity index is 1.62. The average molecular weight is 389 g/mol. The van der Waals surface area contributed by atoms with Crippen molar-refractivity contribution in [2.24, 2.45) is 5.92 Å². The Morgan fingerprint density at radius 3 is 2.96 bits per heavy atom. The van der Waals surface area contributed by atoms with E-state index in [4.69, 9.17) is 9.47 Å². The van der Waals surface area contributed by atoms with Crippen LogP contribution in [0.3, 0.4) is 0 Å². The smallest absolute Gasteiger partial charge is 0.317 e. The summed E-state index contributed by atoms with van der Waals surface area (Å²) in [4.78, 5) is 29.2. The van der Waals surface area contributed by atoms with Crippen LogP contribution >= 0.6 is 0 Å². The highest BCUT2D eigenvalue weighted by molar-refractivity contribution is 5.79. The van der Waals surface area contributed by atoms with Gasteiger partial charge in [0.15, 0.2) is 0 Å². The summed E-state index contributed by atoms with van der Waals surface area (Å²) in [6.45, 7) is 5.76. The van der Waals surface area contributed by atoms with Gasteiger partial charge in [-0.05, 0) is 30.5 Å². The van der Waals surface area contributed by atoms with E-state index in [2.05, 4.69) is 5.32 Å². The van der Waals surface area contributed by atoms with E-state index in [0.29, 0.717) is 45.8 Å². The van der Waals surface area contributed by atoms with Crippen LogP contribution in [-0.2, 0) is 16.0 Å². The molecule has 1 aromatic rings. The van der Waals surface area contributed by atoms with Gasteiger partial charge in [0.25, 0.3) is 0 Å². The predicted octanol–water partition coefficient (Wildman–Crippen LogP) is 1.91. The van der Waals surface area contributed by atoms with Crippen molar-refractivity contribution in [3.8, 4) is 5.75 Å². The summed E-state index contributed by atoms with van der Waals surface area (Å²) < 4.78 is 11.0. The van der Waals surface area contributed by atoms with Crippen molar-refractivity contribution in [2.75, 3.05) is 46.5 Å². The first kappa shape index (κ1) is 20.5. The maximum Gasteiger partial charge on any atom is 0.317 e. The quantitative estimate of drug-likeness (QED) is 0.835. The molecule has 2 saturated heterocycles. The van der Waals surface area contributed by atoms with Crippen molar-refractivity contribution in [1.82, 2.24) is 15.1 Å². The molecule has 2 fully saturated rings. The molecule has 0 saturated carbocycles. The SMILES string of the molecule is CCCNC(=O)N1CCOC[C@H]2CN(C(=O)Cc3cccc(OC)c3)CC[C@H]21. The largest absolute Gasteiger partial charge is 0.497 e. The highest BCUT2D eigenvalue weighted by atomic mass is 16.5. The summed E-state index contributed by atoms with van der Waals surface area (Å²) in [5.41, 5.74) is 0.948. The molecule has 7 nitrogen and oxygen atoms in total. The lowest BCUT2D eigenvalue weighted by molar-refractivity contribution is -0.133. The standard InChI is InChI=1S/C21H31N3O4/c1-3-8-22-21(26)24-10-11-28-15-17-14-23(9-7-19(17)24)20(25)13-16-5-4-6-18(12-16)27-2/h4-6,12,17,19H,3,7-11,13-15H2,1-2H3,(H,22,26)/t17-,19-/m1/s1. The van der Waals surface area contributed by atoms with Crippen LogP contribution in [0, 0.1) is 5.92 Å². The van der Waals surface area contributed by atoms with Crippen molar-refractivity contribution in [3.05, 3.63) is 29.8 Å². The summed E-state index contributed by atoms with van der Waals surface area (Å²) in [5, 5.41) is 2.98. The van der Waals surface area contributed by atoms with Gasteiger partial charge in [-0.25, -0.2) is 4.79 Å². The molecule has 0 bridgehead atoms. The van der Waals surface area contributed by atoms with Crippen LogP contribution in [0.2, 0.25) is 0 Å². The zero-order valence-corrected chi connectivity index (χ0v) is 16.9. The maximum absolute atomic E-state index is 12.8. The number of hydrogen-bond donors (Lipinski definition) is 1. The Hall–Kier alpha value is -2.28. The Labute approximate surface area is 167 Å². The third-order valence-corrected chi connectivity index (χ3v) is 5.53. The number of carbonyl (C=O) groups is 2. The van der Waals surface area contributed by atoms with Crippen LogP contribution in [0.4, 0.5) is 4.79 Å².